The molecule has 1 unspecified atom stereocenters. The van der Waals surface area contributed by atoms with Crippen LogP contribution in [0.3, 0.4) is 0 Å². The van der Waals surface area contributed by atoms with Gasteiger partial charge in [0.2, 0.25) is 0 Å². The summed E-state index contributed by atoms with van der Waals surface area (Å²) in [4.78, 5) is 24.7. The van der Waals surface area contributed by atoms with Gasteiger partial charge in [-0.15, -0.1) is 0 Å². The number of ketones is 1. The molecule has 0 aromatic heterocycles. The SMILES string of the molecule is CCOC(=O)C1(Cc2ccc(CC)cc2)COCCC1=O. The fraction of sp³-hybridized carbons (Fsp3) is 0.529. The first-order valence-corrected chi connectivity index (χ1v) is 7.48. The lowest BCUT2D eigenvalue weighted by molar-refractivity contribution is -0.169. The van der Waals surface area contributed by atoms with Gasteiger partial charge in [0.25, 0.3) is 0 Å². The number of hydrogen-bond acceptors (Lipinski definition) is 4. The predicted molar refractivity (Wildman–Crippen MR) is 79.0 cm³/mol. The van der Waals surface area contributed by atoms with Crippen molar-refractivity contribution in [2.45, 2.75) is 33.1 Å². The second kappa shape index (κ2) is 6.85. The highest BCUT2D eigenvalue weighted by Gasteiger charge is 2.48. The van der Waals surface area contributed by atoms with Crippen LogP contribution in [-0.2, 0) is 31.9 Å². The zero-order valence-corrected chi connectivity index (χ0v) is 12.7. The molecule has 4 nitrogen and oxygen atoms in total. The van der Waals surface area contributed by atoms with Crippen LogP contribution in [0.4, 0.5) is 0 Å². The second-order valence-electron chi connectivity index (χ2n) is 5.38. The molecule has 4 heteroatoms. The van der Waals surface area contributed by atoms with Gasteiger partial charge in [0.05, 0.1) is 19.8 Å². The van der Waals surface area contributed by atoms with E-state index in [1.54, 1.807) is 6.92 Å². The summed E-state index contributed by atoms with van der Waals surface area (Å²) >= 11 is 0. The fourth-order valence-corrected chi connectivity index (χ4v) is 2.64. The van der Waals surface area contributed by atoms with Crippen LogP contribution in [0.15, 0.2) is 24.3 Å². The van der Waals surface area contributed by atoms with E-state index in [0.717, 1.165) is 12.0 Å². The quantitative estimate of drug-likeness (QED) is 0.617. The van der Waals surface area contributed by atoms with Crippen molar-refractivity contribution in [2.75, 3.05) is 19.8 Å². The number of ether oxygens (including phenoxy) is 2. The average molecular weight is 290 g/mol. The molecule has 2 rings (SSSR count). The largest absolute Gasteiger partial charge is 0.465 e. The third-order valence-corrected chi connectivity index (χ3v) is 3.96. The maximum atomic E-state index is 12.4. The summed E-state index contributed by atoms with van der Waals surface area (Å²) in [5.41, 5.74) is 1.01. The van der Waals surface area contributed by atoms with Crippen molar-refractivity contribution in [3.63, 3.8) is 0 Å². The van der Waals surface area contributed by atoms with E-state index in [1.165, 1.54) is 5.56 Å². The molecule has 114 valence electrons. The Hall–Kier alpha value is -1.68. The topological polar surface area (TPSA) is 52.6 Å². The number of carbonyl (C=O) groups excluding carboxylic acids is 2. The zero-order chi connectivity index (χ0) is 15.3. The molecular weight excluding hydrogens is 268 g/mol. The Kier molecular flexibility index (Phi) is 5.12. The Labute approximate surface area is 125 Å². The summed E-state index contributed by atoms with van der Waals surface area (Å²) in [5, 5.41) is 0. The molecule has 1 saturated heterocycles. The molecule has 1 aliphatic rings. The Balaban J connectivity index is 2.26. The fourth-order valence-electron chi connectivity index (χ4n) is 2.64. The highest BCUT2D eigenvalue weighted by Crippen LogP contribution is 2.31. The molecule has 0 aliphatic carbocycles. The summed E-state index contributed by atoms with van der Waals surface area (Å²) in [5.74, 6) is -0.541. The minimum Gasteiger partial charge on any atom is -0.465 e. The number of carbonyl (C=O) groups is 2. The first-order chi connectivity index (χ1) is 10.1. The summed E-state index contributed by atoms with van der Waals surface area (Å²) in [7, 11) is 0. The molecule has 0 radical (unpaired) electrons. The van der Waals surface area contributed by atoms with Crippen molar-refractivity contribution in [1.82, 2.24) is 0 Å². The van der Waals surface area contributed by atoms with Crippen LogP contribution in [0.5, 0.6) is 0 Å². The maximum Gasteiger partial charge on any atom is 0.322 e. The van der Waals surface area contributed by atoms with Crippen LogP contribution in [0.1, 0.15) is 31.4 Å². The number of aryl methyl sites for hydroxylation is 1. The molecule has 1 aliphatic heterocycles. The molecule has 0 bridgehead atoms. The number of Topliss-reactive ketones (excluding diaryl/α,β-unsaturated/α-hetero) is 1. The van der Waals surface area contributed by atoms with Crippen molar-refractivity contribution < 1.29 is 19.1 Å². The van der Waals surface area contributed by atoms with Crippen molar-refractivity contribution in [2.24, 2.45) is 5.41 Å². The number of esters is 1. The van der Waals surface area contributed by atoms with Gasteiger partial charge in [-0.1, -0.05) is 31.2 Å². The van der Waals surface area contributed by atoms with Crippen LogP contribution >= 0.6 is 0 Å². The molecule has 1 fully saturated rings. The molecule has 1 aromatic rings. The average Bonchev–Trinajstić information content (AvgIpc) is 2.50. The van der Waals surface area contributed by atoms with Crippen LogP contribution in [0.25, 0.3) is 0 Å². The minimum atomic E-state index is -1.18. The monoisotopic (exact) mass is 290 g/mol. The van der Waals surface area contributed by atoms with E-state index in [0.29, 0.717) is 13.0 Å². The standard InChI is InChI=1S/C17H22O4/c1-3-13-5-7-14(8-6-13)11-17(16(19)21-4-2)12-20-10-9-15(17)18/h5-8H,3-4,9-12H2,1-2H3. The third-order valence-electron chi connectivity index (χ3n) is 3.96. The van der Waals surface area contributed by atoms with Gasteiger partial charge in [0.1, 0.15) is 0 Å². The normalized spacial score (nSPS) is 22.1. The smallest absolute Gasteiger partial charge is 0.322 e. The van der Waals surface area contributed by atoms with E-state index in [1.807, 2.05) is 24.3 Å². The molecule has 1 heterocycles. The summed E-state index contributed by atoms with van der Waals surface area (Å²) in [6.07, 6.45) is 1.58. The molecule has 0 N–H and O–H groups in total. The van der Waals surface area contributed by atoms with E-state index in [4.69, 9.17) is 9.47 Å². The summed E-state index contributed by atoms with van der Waals surface area (Å²) < 4.78 is 10.6. The van der Waals surface area contributed by atoms with Gasteiger partial charge < -0.3 is 9.47 Å². The number of rotatable bonds is 5. The van der Waals surface area contributed by atoms with Gasteiger partial charge in [-0.2, -0.15) is 0 Å². The number of benzene rings is 1. The van der Waals surface area contributed by atoms with E-state index >= 15 is 0 Å². The van der Waals surface area contributed by atoms with E-state index in [-0.39, 0.29) is 25.4 Å². The predicted octanol–water partition coefficient (Wildman–Crippen LogP) is 2.33. The van der Waals surface area contributed by atoms with E-state index in [9.17, 15) is 9.59 Å². The van der Waals surface area contributed by atoms with Crippen LogP contribution in [0.2, 0.25) is 0 Å². The molecular formula is C17H22O4. The molecule has 1 aromatic carbocycles. The van der Waals surface area contributed by atoms with Crippen molar-refractivity contribution in [3.05, 3.63) is 35.4 Å². The van der Waals surface area contributed by atoms with Crippen molar-refractivity contribution in [1.29, 1.82) is 0 Å². The second-order valence-corrected chi connectivity index (χ2v) is 5.38. The van der Waals surface area contributed by atoms with Crippen LogP contribution < -0.4 is 0 Å². The molecule has 0 saturated carbocycles. The van der Waals surface area contributed by atoms with Crippen molar-refractivity contribution in [3.8, 4) is 0 Å². The molecule has 21 heavy (non-hydrogen) atoms. The van der Waals surface area contributed by atoms with Gasteiger partial charge >= 0.3 is 5.97 Å². The Bertz CT molecular complexity index is 506. The molecule has 0 spiro atoms. The molecule has 0 amide bonds. The minimum absolute atomic E-state index is 0.0771. The molecule has 1 atom stereocenters. The maximum absolute atomic E-state index is 12.4. The van der Waals surface area contributed by atoms with Gasteiger partial charge in [-0.05, 0) is 30.9 Å². The Morgan fingerprint density at radius 3 is 2.48 bits per heavy atom. The number of hydrogen-bond donors (Lipinski definition) is 0. The third kappa shape index (κ3) is 3.32. The lowest BCUT2D eigenvalue weighted by Gasteiger charge is -2.33. The van der Waals surface area contributed by atoms with Gasteiger partial charge in [0, 0.05) is 6.42 Å². The van der Waals surface area contributed by atoms with Crippen molar-refractivity contribution >= 4 is 11.8 Å². The Morgan fingerprint density at radius 2 is 1.90 bits per heavy atom. The van der Waals surface area contributed by atoms with Gasteiger partial charge in [-0.25, -0.2) is 0 Å². The van der Waals surface area contributed by atoms with Gasteiger partial charge in [-0.3, -0.25) is 9.59 Å². The Morgan fingerprint density at radius 1 is 1.24 bits per heavy atom. The van der Waals surface area contributed by atoms with E-state index in [2.05, 4.69) is 6.92 Å². The van der Waals surface area contributed by atoms with Crippen LogP contribution in [0, 0.1) is 5.41 Å². The zero-order valence-electron chi connectivity index (χ0n) is 12.7. The summed E-state index contributed by atoms with van der Waals surface area (Å²) in [6, 6.07) is 8.01. The van der Waals surface area contributed by atoms with Gasteiger partial charge in [0.15, 0.2) is 11.2 Å². The highest BCUT2D eigenvalue weighted by atomic mass is 16.5. The highest BCUT2D eigenvalue weighted by molar-refractivity contribution is 6.04. The first kappa shape index (κ1) is 15.7. The lowest BCUT2D eigenvalue weighted by atomic mass is 9.76. The lowest BCUT2D eigenvalue weighted by Crippen LogP contribution is -2.49. The van der Waals surface area contributed by atoms with Crippen LogP contribution in [-0.4, -0.2) is 31.6 Å². The first-order valence-electron chi connectivity index (χ1n) is 7.48. The summed E-state index contributed by atoms with van der Waals surface area (Å²) in [6.45, 7) is 4.60. The van der Waals surface area contributed by atoms with E-state index < -0.39 is 11.4 Å².